The van der Waals surface area contributed by atoms with Crippen molar-refractivity contribution in [2.75, 3.05) is 19.8 Å². The molecule has 0 aromatic carbocycles. The third-order valence-corrected chi connectivity index (χ3v) is 2.41. The Morgan fingerprint density at radius 2 is 2.32 bits per heavy atom. The lowest BCUT2D eigenvalue weighted by atomic mass is 10.2. The van der Waals surface area contributed by atoms with Crippen LogP contribution in [0.3, 0.4) is 0 Å². The number of nitrogens with one attached hydrogen (secondary N) is 1. The third kappa shape index (κ3) is 6.26. The molecule has 0 saturated heterocycles. The van der Waals surface area contributed by atoms with Crippen LogP contribution in [0, 0.1) is 5.92 Å². The van der Waals surface area contributed by atoms with E-state index in [1.165, 1.54) is 12.5 Å². The van der Waals surface area contributed by atoms with Crippen LogP contribution in [-0.2, 0) is 11.3 Å². The Morgan fingerprint density at radius 3 is 3.00 bits per heavy atom. The van der Waals surface area contributed by atoms with Gasteiger partial charge in [-0.15, -0.1) is 0 Å². The Hall–Kier alpha value is -1.53. The molecule has 1 aromatic rings. The number of aromatic carboxylic acids is 1. The molecule has 0 saturated carbocycles. The Morgan fingerprint density at radius 1 is 1.53 bits per heavy atom. The minimum atomic E-state index is -1.00. The largest absolute Gasteiger partial charge is 0.478 e. The Bertz CT molecular complexity index is 396. The Balaban J connectivity index is 2.21. The minimum absolute atomic E-state index is 0.144. The molecule has 1 aromatic heterocycles. The van der Waals surface area contributed by atoms with Crippen molar-refractivity contribution in [2.45, 2.75) is 26.8 Å². The molecule has 0 fully saturated rings. The molecule has 1 heterocycles. The number of aromatic nitrogens is 2. The van der Waals surface area contributed by atoms with Crippen LogP contribution in [0.4, 0.5) is 0 Å². The van der Waals surface area contributed by atoms with Crippen LogP contribution >= 0.6 is 0 Å². The van der Waals surface area contributed by atoms with Crippen LogP contribution in [0.25, 0.3) is 0 Å². The highest BCUT2D eigenvalue weighted by Gasteiger charge is 2.10. The molecular formula is C13H21N3O3. The van der Waals surface area contributed by atoms with Crippen molar-refractivity contribution in [3.63, 3.8) is 0 Å². The molecule has 6 heteroatoms. The summed E-state index contributed by atoms with van der Waals surface area (Å²) in [6, 6.07) is 0. The molecule has 0 aliphatic carbocycles. The van der Waals surface area contributed by atoms with Crippen LogP contribution in [0.15, 0.2) is 12.5 Å². The summed E-state index contributed by atoms with van der Waals surface area (Å²) < 4.78 is 5.45. The molecule has 0 aliphatic rings. The maximum Gasteiger partial charge on any atom is 0.339 e. The van der Waals surface area contributed by atoms with E-state index in [1.54, 1.807) is 0 Å². The highest BCUT2D eigenvalue weighted by atomic mass is 16.5. The summed E-state index contributed by atoms with van der Waals surface area (Å²) in [7, 11) is 0. The van der Waals surface area contributed by atoms with Gasteiger partial charge in [-0.05, 0) is 18.9 Å². The van der Waals surface area contributed by atoms with Gasteiger partial charge in [0.15, 0.2) is 0 Å². The number of carbonyl (C=O) groups is 1. The first-order valence-corrected chi connectivity index (χ1v) is 6.42. The highest BCUT2D eigenvalue weighted by molar-refractivity contribution is 5.88. The van der Waals surface area contributed by atoms with Crippen LogP contribution in [-0.4, -0.2) is 40.8 Å². The molecule has 0 aliphatic heterocycles. The van der Waals surface area contributed by atoms with E-state index >= 15 is 0 Å². The fourth-order valence-electron chi connectivity index (χ4n) is 1.50. The molecule has 0 amide bonds. The molecule has 0 spiro atoms. The van der Waals surface area contributed by atoms with E-state index < -0.39 is 5.97 Å². The molecule has 0 unspecified atom stereocenters. The SMILES string of the molecule is CC(C)COCCCNCc1ncncc1C(=O)O. The van der Waals surface area contributed by atoms with Crippen molar-refractivity contribution < 1.29 is 14.6 Å². The van der Waals surface area contributed by atoms with E-state index in [1.807, 2.05) is 0 Å². The van der Waals surface area contributed by atoms with Crippen molar-refractivity contribution >= 4 is 5.97 Å². The lowest BCUT2D eigenvalue weighted by Crippen LogP contribution is -2.20. The van der Waals surface area contributed by atoms with Gasteiger partial charge in [-0.2, -0.15) is 0 Å². The summed E-state index contributed by atoms with van der Waals surface area (Å²) in [6.07, 6.45) is 3.56. The lowest BCUT2D eigenvalue weighted by molar-refractivity contribution is 0.0694. The fraction of sp³-hybridized carbons (Fsp3) is 0.615. The lowest BCUT2D eigenvalue weighted by Gasteiger charge is -2.08. The van der Waals surface area contributed by atoms with Crippen LogP contribution in [0.1, 0.15) is 36.3 Å². The van der Waals surface area contributed by atoms with Gasteiger partial charge >= 0.3 is 5.97 Å². The second kappa shape index (κ2) is 8.55. The number of hydrogen-bond acceptors (Lipinski definition) is 5. The number of ether oxygens (including phenoxy) is 1. The van der Waals surface area contributed by atoms with Crippen molar-refractivity contribution in [3.8, 4) is 0 Å². The predicted octanol–water partition coefficient (Wildman–Crippen LogP) is 1.33. The number of hydrogen-bond donors (Lipinski definition) is 2. The second-order valence-corrected chi connectivity index (χ2v) is 4.69. The number of rotatable bonds is 9. The van der Waals surface area contributed by atoms with E-state index in [0.717, 1.165) is 19.6 Å². The zero-order valence-electron chi connectivity index (χ0n) is 11.4. The molecule has 0 atom stereocenters. The van der Waals surface area contributed by atoms with Crippen LogP contribution in [0.2, 0.25) is 0 Å². The normalized spacial score (nSPS) is 10.9. The van der Waals surface area contributed by atoms with Crippen LogP contribution < -0.4 is 5.32 Å². The molecule has 2 N–H and O–H groups in total. The van der Waals surface area contributed by atoms with E-state index in [0.29, 0.717) is 24.8 Å². The van der Waals surface area contributed by atoms with Gasteiger partial charge in [0.2, 0.25) is 0 Å². The summed E-state index contributed by atoms with van der Waals surface area (Å²) in [4.78, 5) is 18.6. The smallest absolute Gasteiger partial charge is 0.339 e. The summed E-state index contributed by atoms with van der Waals surface area (Å²) in [5, 5.41) is 12.1. The van der Waals surface area contributed by atoms with E-state index in [-0.39, 0.29) is 5.56 Å². The van der Waals surface area contributed by atoms with Gasteiger partial charge in [0.05, 0.1) is 5.69 Å². The van der Waals surface area contributed by atoms with Gasteiger partial charge < -0.3 is 15.2 Å². The molecule has 106 valence electrons. The molecule has 0 radical (unpaired) electrons. The van der Waals surface area contributed by atoms with Crippen LogP contribution in [0.5, 0.6) is 0 Å². The number of nitrogens with zero attached hydrogens (tertiary/aromatic N) is 2. The van der Waals surface area contributed by atoms with Gasteiger partial charge in [0, 0.05) is 26.0 Å². The van der Waals surface area contributed by atoms with Crippen molar-refractivity contribution in [2.24, 2.45) is 5.92 Å². The van der Waals surface area contributed by atoms with E-state index in [9.17, 15) is 4.79 Å². The maximum atomic E-state index is 10.9. The third-order valence-electron chi connectivity index (χ3n) is 2.41. The number of carboxylic acids is 1. The summed E-state index contributed by atoms with van der Waals surface area (Å²) in [6.45, 7) is 6.90. The first kappa shape index (κ1) is 15.5. The van der Waals surface area contributed by atoms with Gasteiger partial charge in [-0.25, -0.2) is 14.8 Å². The van der Waals surface area contributed by atoms with Gasteiger partial charge in [0.25, 0.3) is 0 Å². The average molecular weight is 267 g/mol. The van der Waals surface area contributed by atoms with Crippen molar-refractivity contribution in [3.05, 3.63) is 23.8 Å². The topological polar surface area (TPSA) is 84.3 Å². The molecule has 1 rings (SSSR count). The summed E-state index contributed by atoms with van der Waals surface area (Å²) in [5.74, 6) is -0.454. The van der Waals surface area contributed by atoms with Gasteiger partial charge in [-0.1, -0.05) is 13.8 Å². The second-order valence-electron chi connectivity index (χ2n) is 4.69. The van der Waals surface area contributed by atoms with Gasteiger partial charge in [0.1, 0.15) is 11.9 Å². The van der Waals surface area contributed by atoms with E-state index in [4.69, 9.17) is 9.84 Å². The maximum absolute atomic E-state index is 10.9. The Labute approximate surface area is 113 Å². The zero-order chi connectivity index (χ0) is 14.1. The first-order valence-electron chi connectivity index (χ1n) is 6.42. The first-order chi connectivity index (χ1) is 9.11. The minimum Gasteiger partial charge on any atom is -0.478 e. The van der Waals surface area contributed by atoms with E-state index in [2.05, 4.69) is 29.1 Å². The summed E-state index contributed by atoms with van der Waals surface area (Å²) in [5.41, 5.74) is 0.650. The molecule has 0 bridgehead atoms. The molecule has 19 heavy (non-hydrogen) atoms. The Kier molecular flexibility index (Phi) is 6.99. The monoisotopic (exact) mass is 267 g/mol. The quantitative estimate of drug-likeness (QED) is 0.657. The zero-order valence-corrected chi connectivity index (χ0v) is 11.4. The standard InChI is InChI=1S/C13H21N3O3/c1-10(2)8-19-5-3-4-14-7-12-11(13(17)18)6-15-9-16-12/h6,9-10,14H,3-5,7-8H2,1-2H3,(H,17,18). The summed E-state index contributed by atoms with van der Waals surface area (Å²) >= 11 is 0. The average Bonchev–Trinajstić information content (AvgIpc) is 2.37. The molecular weight excluding hydrogens is 246 g/mol. The van der Waals surface area contributed by atoms with Gasteiger partial charge in [-0.3, -0.25) is 0 Å². The van der Waals surface area contributed by atoms with Crippen molar-refractivity contribution in [1.82, 2.24) is 15.3 Å². The van der Waals surface area contributed by atoms with Crippen molar-refractivity contribution in [1.29, 1.82) is 0 Å². The number of carboxylic acid groups (broad SMARTS) is 1. The predicted molar refractivity (Wildman–Crippen MR) is 71.0 cm³/mol. The highest BCUT2D eigenvalue weighted by Crippen LogP contribution is 2.02. The molecule has 6 nitrogen and oxygen atoms in total. The fourth-order valence-corrected chi connectivity index (χ4v) is 1.50.